The highest BCUT2D eigenvalue weighted by atomic mass is 32.1. The SMILES string of the molecule is Cc1c(C(=O)N(C)C(C)Cc2ccccn2)sc2ncn(C)c(=O)c12. The number of amides is 1. The van der Waals surface area contributed by atoms with Gasteiger partial charge in [0.2, 0.25) is 0 Å². The van der Waals surface area contributed by atoms with Crippen LogP contribution in [0.2, 0.25) is 0 Å². The van der Waals surface area contributed by atoms with Crippen LogP contribution in [0, 0.1) is 6.92 Å². The second-order valence-electron chi connectivity index (χ2n) is 6.19. The van der Waals surface area contributed by atoms with Crippen molar-refractivity contribution in [2.24, 2.45) is 7.05 Å². The van der Waals surface area contributed by atoms with Crippen LogP contribution in [0.5, 0.6) is 0 Å². The molecule has 25 heavy (non-hydrogen) atoms. The Morgan fingerprint density at radius 1 is 1.36 bits per heavy atom. The summed E-state index contributed by atoms with van der Waals surface area (Å²) < 4.78 is 1.43. The number of aromatic nitrogens is 3. The molecular weight excluding hydrogens is 336 g/mol. The molecule has 130 valence electrons. The highest BCUT2D eigenvalue weighted by Gasteiger charge is 2.24. The highest BCUT2D eigenvalue weighted by molar-refractivity contribution is 7.20. The third-order valence-electron chi connectivity index (χ3n) is 4.42. The fourth-order valence-electron chi connectivity index (χ4n) is 2.73. The van der Waals surface area contributed by atoms with Crippen molar-refractivity contribution >= 4 is 27.5 Å². The summed E-state index contributed by atoms with van der Waals surface area (Å²) in [6.45, 7) is 3.80. The van der Waals surface area contributed by atoms with E-state index in [1.54, 1.807) is 25.2 Å². The Balaban J connectivity index is 1.90. The smallest absolute Gasteiger partial charge is 0.264 e. The Labute approximate surface area is 149 Å². The Morgan fingerprint density at radius 2 is 2.12 bits per heavy atom. The van der Waals surface area contributed by atoms with Gasteiger partial charge < -0.3 is 9.47 Å². The summed E-state index contributed by atoms with van der Waals surface area (Å²) in [6.07, 6.45) is 3.91. The van der Waals surface area contributed by atoms with Crippen molar-refractivity contribution in [3.05, 3.63) is 57.2 Å². The number of rotatable bonds is 4. The van der Waals surface area contributed by atoms with E-state index >= 15 is 0 Å². The van der Waals surface area contributed by atoms with Gasteiger partial charge in [0.25, 0.3) is 11.5 Å². The van der Waals surface area contributed by atoms with E-state index in [0.29, 0.717) is 27.1 Å². The van der Waals surface area contributed by atoms with Gasteiger partial charge in [-0.15, -0.1) is 11.3 Å². The van der Waals surface area contributed by atoms with Gasteiger partial charge in [-0.1, -0.05) is 6.07 Å². The van der Waals surface area contributed by atoms with Crippen molar-refractivity contribution in [2.75, 3.05) is 7.05 Å². The molecule has 0 aliphatic carbocycles. The molecule has 7 heteroatoms. The Kier molecular flexibility index (Phi) is 4.67. The number of hydrogen-bond acceptors (Lipinski definition) is 5. The second kappa shape index (κ2) is 6.76. The molecule has 0 spiro atoms. The standard InChI is InChI=1S/C18H20N4O2S/c1-11(9-13-7-5-6-8-19-13)22(4)18(24)15-12(2)14-16(25-15)20-10-21(3)17(14)23/h5-8,10-11H,9H2,1-4H3. The number of pyridine rings is 1. The van der Waals surface area contributed by atoms with E-state index in [-0.39, 0.29) is 17.5 Å². The molecule has 0 aliphatic rings. The average molecular weight is 356 g/mol. The van der Waals surface area contributed by atoms with Gasteiger partial charge >= 0.3 is 0 Å². The van der Waals surface area contributed by atoms with E-state index in [4.69, 9.17) is 0 Å². The predicted octanol–water partition coefficient (Wildman–Crippen LogP) is 2.40. The number of carbonyl (C=O) groups excluding carboxylic acids is 1. The van der Waals surface area contributed by atoms with Gasteiger partial charge in [-0.3, -0.25) is 14.6 Å². The predicted molar refractivity (Wildman–Crippen MR) is 99.1 cm³/mol. The summed E-state index contributed by atoms with van der Waals surface area (Å²) in [4.78, 5) is 36.7. The third kappa shape index (κ3) is 3.19. The van der Waals surface area contributed by atoms with Crippen molar-refractivity contribution in [3.63, 3.8) is 0 Å². The molecular formula is C18H20N4O2S. The molecule has 3 aromatic rings. The van der Waals surface area contributed by atoms with Crippen LogP contribution in [0.25, 0.3) is 10.2 Å². The summed E-state index contributed by atoms with van der Waals surface area (Å²) >= 11 is 1.28. The van der Waals surface area contributed by atoms with E-state index in [1.165, 1.54) is 22.2 Å². The molecule has 0 bridgehead atoms. The van der Waals surface area contributed by atoms with E-state index in [0.717, 1.165) is 5.69 Å². The Hall–Kier alpha value is -2.54. The van der Waals surface area contributed by atoms with Crippen LogP contribution in [0.1, 0.15) is 27.9 Å². The first-order chi connectivity index (χ1) is 11.9. The van der Waals surface area contributed by atoms with E-state index in [9.17, 15) is 9.59 Å². The van der Waals surface area contributed by atoms with Crippen LogP contribution in [0.15, 0.2) is 35.5 Å². The maximum absolute atomic E-state index is 12.9. The number of likely N-dealkylation sites (N-methyl/N-ethyl adjacent to an activating group) is 1. The quantitative estimate of drug-likeness (QED) is 0.720. The van der Waals surface area contributed by atoms with Crippen LogP contribution in [0.4, 0.5) is 0 Å². The van der Waals surface area contributed by atoms with E-state index in [1.807, 2.05) is 32.0 Å². The molecule has 3 heterocycles. The summed E-state index contributed by atoms with van der Waals surface area (Å²) in [5, 5.41) is 0.532. The summed E-state index contributed by atoms with van der Waals surface area (Å²) in [5.74, 6) is -0.0917. The fraction of sp³-hybridized carbons (Fsp3) is 0.333. The van der Waals surface area contributed by atoms with Crippen LogP contribution < -0.4 is 5.56 Å². The number of hydrogen-bond donors (Lipinski definition) is 0. The normalized spacial score (nSPS) is 12.3. The van der Waals surface area contributed by atoms with Crippen molar-refractivity contribution < 1.29 is 4.79 Å². The molecule has 1 amide bonds. The second-order valence-corrected chi connectivity index (χ2v) is 7.19. The van der Waals surface area contributed by atoms with Gasteiger partial charge in [-0.25, -0.2) is 4.98 Å². The Bertz CT molecular complexity index is 978. The first kappa shape index (κ1) is 17.3. The van der Waals surface area contributed by atoms with Crippen LogP contribution >= 0.6 is 11.3 Å². The van der Waals surface area contributed by atoms with E-state index in [2.05, 4.69) is 9.97 Å². The van der Waals surface area contributed by atoms with Crippen molar-refractivity contribution in [3.8, 4) is 0 Å². The van der Waals surface area contributed by atoms with Crippen LogP contribution in [-0.4, -0.2) is 38.4 Å². The molecule has 1 unspecified atom stereocenters. The Morgan fingerprint density at radius 3 is 2.80 bits per heavy atom. The number of nitrogens with zero attached hydrogens (tertiary/aromatic N) is 4. The van der Waals surface area contributed by atoms with Crippen LogP contribution in [0.3, 0.4) is 0 Å². The lowest BCUT2D eigenvalue weighted by Gasteiger charge is -2.24. The zero-order chi connectivity index (χ0) is 18.1. The first-order valence-electron chi connectivity index (χ1n) is 8.02. The molecule has 0 saturated heterocycles. The number of carbonyl (C=O) groups is 1. The van der Waals surface area contributed by atoms with Crippen molar-refractivity contribution in [2.45, 2.75) is 26.3 Å². The maximum Gasteiger partial charge on any atom is 0.264 e. The lowest BCUT2D eigenvalue weighted by Crippen LogP contribution is -2.36. The minimum atomic E-state index is -0.123. The number of fused-ring (bicyclic) bond motifs is 1. The van der Waals surface area contributed by atoms with Crippen LogP contribution in [-0.2, 0) is 13.5 Å². The van der Waals surface area contributed by atoms with Gasteiger partial charge in [-0.05, 0) is 31.5 Å². The summed E-state index contributed by atoms with van der Waals surface area (Å²) in [7, 11) is 3.44. The molecule has 0 N–H and O–H groups in total. The van der Waals surface area contributed by atoms with Gasteiger partial charge in [0.05, 0.1) is 16.6 Å². The maximum atomic E-state index is 12.9. The molecule has 1 atom stereocenters. The molecule has 3 rings (SSSR count). The minimum absolute atomic E-state index is 0.0113. The zero-order valence-electron chi connectivity index (χ0n) is 14.7. The summed E-state index contributed by atoms with van der Waals surface area (Å²) in [5.41, 5.74) is 1.52. The minimum Gasteiger partial charge on any atom is -0.338 e. The molecule has 0 saturated carbocycles. The lowest BCUT2D eigenvalue weighted by molar-refractivity contribution is 0.0747. The molecule has 0 aliphatic heterocycles. The zero-order valence-corrected chi connectivity index (χ0v) is 15.5. The number of thiophene rings is 1. The molecule has 3 aromatic heterocycles. The fourth-order valence-corrected chi connectivity index (χ4v) is 3.85. The molecule has 0 fully saturated rings. The number of aryl methyl sites for hydroxylation is 2. The van der Waals surface area contributed by atoms with Crippen molar-refractivity contribution in [1.29, 1.82) is 0 Å². The summed E-state index contributed by atoms with van der Waals surface area (Å²) in [6, 6.07) is 5.75. The van der Waals surface area contributed by atoms with Crippen molar-refractivity contribution in [1.82, 2.24) is 19.4 Å². The van der Waals surface area contributed by atoms with Gasteiger partial charge in [0, 0.05) is 38.4 Å². The van der Waals surface area contributed by atoms with E-state index < -0.39 is 0 Å². The monoisotopic (exact) mass is 356 g/mol. The molecule has 0 aromatic carbocycles. The van der Waals surface area contributed by atoms with Gasteiger partial charge in [-0.2, -0.15) is 0 Å². The van der Waals surface area contributed by atoms with Gasteiger partial charge in [0.1, 0.15) is 4.83 Å². The lowest BCUT2D eigenvalue weighted by atomic mass is 10.1. The topological polar surface area (TPSA) is 68.1 Å². The molecule has 0 radical (unpaired) electrons. The highest BCUT2D eigenvalue weighted by Crippen LogP contribution is 2.28. The third-order valence-corrected chi connectivity index (χ3v) is 5.60. The van der Waals surface area contributed by atoms with Gasteiger partial charge in [0.15, 0.2) is 0 Å². The first-order valence-corrected chi connectivity index (χ1v) is 8.83. The average Bonchev–Trinajstić information content (AvgIpc) is 2.95. The largest absolute Gasteiger partial charge is 0.338 e. The molecule has 6 nitrogen and oxygen atoms in total.